The molecule has 0 bridgehead atoms. The highest BCUT2D eigenvalue weighted by molar-refractivity contribution is 5.93. The maximum atomic E-state index is 12.5. The summed E-state index contributed by atoms with van der Waals surface area (Å²) in [5, 5.41) is 2.87. The summed E-state index contributed by atoms with van der Waals surface area (Å²) in [6, 6.07) is 11.8. The van der Waals surface area contributed by atoms with Crippen LogP contribution >= 0.6 is 0 Å². The maximum absolute atomic E-state index is 12.5. The Balaban J connectivity index is 1.62. The molecule has 0 radical (unpaired) electrons. The second kappa shape index (κ2) is 6.76. The number of hydrogen-bond donors (Lipinski definition) is 1. The molecule has 4 rings (SSSR count). The number of pyridine rings is 1. The molecule has 1 aromatic carbocycles. The Morgan fingerprint density at radius 3 is 2.77 bits per heavy atom. The smallest absolute Gasteiger partial charge is 0.271 e. The van der Waals surface area contributed by atoms with Crippen molar-refractivity contribution in [2.45, 2.75) is 13.5 Å². The largest absolute Gasteiger partial charge is 0.347 e. The lowest BCUT2D eigenvalue weighted by molar-refractivity contribution is 0.0946. The zero-order valence-corrected chi connectivity index (χ0v) is 14.3. The molecule has 3 aromatic heterocycles. The Morgan fingerprint density at radius 1 is 1.15 bits per heavy atom. The van der Waals surface area contributed by atoms with Crippen LogP contribution in [0.1, 0.15) is 21.6 Å². The highest BCUT2D eigenvalue weighted by Crippen LogP contribution is 2.22. The van der Waals surface area contributed by atoms with Crippen molar-refractivity contribution in [1.29, 1.82) is 0 Å². The number of aromatic nitrogens is 4. The van der Waals surface area contributed by atoms with E-state index in [1.807, 2.05) is 47.7 Å². The first-order chi connectivity index (χ1) is 12.7. The summed E-state index contributed by atoms with van der Waals surface area (Å²) in [4.78, 5) is 25.4. The van der Waals surface area contributed by atoms with Gasteiger partial charge in [0.25, 0.3) is 5.91 Å². The number of benzene rings is 1. The van der Waals surface area contributed by atoms with Gasteiger partial charge in [0.2, 0.25) is 0 Å². The molecule has 1 amide bonds. The topological polar surface area (TPSA) is 72.2 Å². The molecular formula is C20H17N5O. The minimum absolute atomic E-state index is 0.229. The molecule has 3 heterocycles. The fraction of sp³-hybridized carbons (Fsp3) is 0.100. The van der Waals surface area contributed by atoms with Crippen LogP contribution in [0, 0.1) is 6.92 Å². The van der Waals surface area contributed by atoms with Crippen LogP contribution in [-0.4, -0.2) is 25.3 Å². The Morgan fingerprint density at radius 2 is 2.00 bits per heavy atom. The number of carbonyl (C=O) groups excluding carboxylic acids is 1. The fourth-order valence-electron chi connectivity index (χ4n) is 2.72. The van der Waals surface area contributed by atoms with Crippen LogP contribution in [0.4, 0.5) is 0 Å². The van der Waals surface area contributed by atoms with Gasteiger partial charge in [-0.25, -0.2) is 4.98 Å². The lowest BCUT2D eigenvalue weighted by Gasteiger charge is -2.03. The molecule has 0 atom stereocenters. The average molecular weight is 343 g/mol. The molecule has 0 aliphatic carbocycles. The monoisotopic (exact) mass is 343 g/mol. The lowest BCUT2D eigenvalue weighted by atomic mass is 10.1. The van der Waals surface area contributed by atoms with Gasteiger partial charge in [-0.15, -0.1) is 0 Å². The van der Waals surface area contributed by atoms with E-state index in [1.54, 1.807) is 31.0 Å². The van der Waals surface area contributed by atoms with Gasteiger partial charge < -0.3 is 9.72 Å². The average Bonchev–Trinajstić information content (AvgIpc) is 3.12. The summed E-state index contributed by atoms with van der Waals surface area (Å²) in [5.41, 5.74) is 4.84. The molecular weight excluding hydrogens is 326 g/mol. The highest BCUT2D eigenvalue weighted by Gasteiger charge is 2.14. The Bertz CT molecular complexity index is 1050. The number of carbonyl (C=O) groups is 1. The van der Waals surface area contributed by atoms with Gasteiger partial charge in [-0.05, 0) is 18.6 Å². The van der Waals surface area contributed by atoms with E-state index >= 15 is 0 Å². The molecule has 128 valence electrons. The van der Waals surface area contributed by atoms with E-state index in [0.29, 0.717) is 17.9 Å². The molecule has 0 saturated heterocycles. The molecule has 4 aromatic rings. The molecule has 6 nitrogen and oxygen atoms in total. The van der Waals surface area contributed by atoms with Gasteiger partial charge in [0, 0.05) is 43.1 Å². The van der Waals surface area contributed by atoms with Crippen LogP contribution < -0.4 is 5.32 Å². The molecule has 6 heteroatoms. The first kappa shape index (κ1) is 16.0. The second-order valence-corrected chi connectivity index (χ2v) is 6.04. The molecule has 0 unspecified atom stereocenters. The van der Waals surface area contributed by atoms with E-state index in [9.17, 15) is 4.79 Å². The van der Waals surface area contributed by atoms with E-state index in [1.165, 1.54) is 5.56 Å². The number of rotatable bonds is 4. The Kier molecular flexibility index (Phi) is 4.15. The lowest BCUT2D eigenvalue weighted by Crippen LogP contribution is -2.23. The van der Waals surface area contributed by atoms with Gasteiger partial charge in [0.1, 0.15) is 11.4 Å². The van der Waals surface area contributed by atoms with Crippen molar-refractivity contribution in [3.63, 3.8) is 0 Å². The SMILES string of the molecule is Cc1ccc(-c2nccn3cc(C(=O)NCc4cccnc4)nc23)cc1. The summed E-state index contributed by atoms with van der Waals surface area (Å²) < 4.78 is 1.82. The predicted octanol–water partition coefficient (Wildman–Crippen LogP) is 3.03. The molecule has 1 N–H and O–H groups in total. The number of hydrogen-bond acceptors (Lipinski definition) is 4. The third kappa shape index (κ3) is 3.17. The van der Waals surface area contributed by atoms with Gasteiger partial charge in [-0.3, -0.25) is 14.8 Å². The number of nitrogens with zero attached hydrogens (tertiary/aromatic N) is 4. The first-order valence-corrected chi connectivity index (χ1v) is 8.28. The Hall–Kier alpha value is -3.54. The second-order valence-electron chi connectivity index (χ2n) is 6.04. The van der Waals surface area contributed by atoms with Crippen molar-refractivity contribution in [2.24, 2.45) is 0 Å². The fourth-order valence-corrected chi connectivity index (χ4v) is 2.72. The van der Waals surface area contributed by atoms with Crippen LogP contribution in [-0.2, 0) is 6.54 Å². The van der Waals surface area contributed by atoms with Crippen molar-refractivity contribution < 1.29 is 4.79 Å². The summed E-state index contributed by atoms with van der Waals surface area (Å²) in [5.74, 6) is -0.229. The quantitative estimate of drug-likeness (QED) is 0.618. The van der Waals surface area contributed by atoms with E-state index in [4.69, 9.17) is 0 Å². The number of imidazole rings is 1. The normalized spacial score (nSPS) is 10.8. The van der Waals surface area contributed by atoms with Gasteiger partial charge in [-0.2, -0.15) is 0 Å². The molecule has 0 fully saturated rings. The number of amides is 1. The van der Waals surface area contributed by atoms with Gasteiger partial charge in [0.15, 0.2) is 5.65 Å². The van der Waals surface area contributed by atoms with Crippen molar-refractivity contribution in [2.75, 3.05) is 0 Å². The van der Waals surface area contributed by atoms with Crippen molar-refractivity contribution in [3.05, 3.63) is 84.2 Å². The van der Waals surface area contributed by atoms with Crippen molar-refractivity contribution in [1.82, 2.24) is 24.7 Å². The standard InChI is InChI=1S/C20H17N5O/c1-14-4-6-16(7-5-14)18-19-24-17(13-25(19)10-9-22-18)20(26)23-12-15-3-2-8-21-11-15/h2-11,13H,12H2,1H3,(H,23,26). The molecule has 0 saturated carbocycles. The number of aryl methyl sites for hydroxylation is 1. The summed E-state index contributed by atoms with van der Waals surface area (Å²) in [7, 11) is 0. The summed E-state index contributed by atoms with van der Waals surface area (Å²) >= 11 is 0. The first-order valence-electron chi connectivity index (χ1n) is 8.28. The molecule has 0 aliphatic rings. The third-order valence-corrected chi connectivity index (χ3v) is 4.11. The minimum Gasteiger partial charge on any atom is -0.347 e. The predicted molar refractivity (Wildman–Crippen MR) is 98.6 cm³/mol. The third-order valence-electron chi connectivity index (χ3n) is 4.11. The minimum atomic E-state index is -0.229. The van der Waals surface area contributed by atoms with E-state index in [-0.39, 0.29) is 5.91 Å². The number of fused-ring (bicyclic) bond motifs is 1. The molecule has 26 heavy (non-hydrogen) atoms. The van der Waals surface area contributed by atoms with Crippen LogP contribution in [0.15, 0.2) is 67.4 Å². The van der Waals surface area contributed by atoms with Gasteiger partial charge in [0.05, 0.1) is 0 Å². The zero-order chi connectivity index (χ0) is 17.9. The van der Waals surface area contributed by atoms with Crippen molar-refractivity contribution in [3.8, 4) is 11.3 Å². The van der Waals surface area contributed by atoms with Crippen LogP contribution in [0.3, 0.4) is 0 Å². The van der Waals surface area contributed by atoms with Crippen LogP contribution in [0.25, 0.3) is 16.9 Å². The van der Waals surface area contributed by atoms with E-state index < -0.39 is 0 Å². The summed E-state index contributed by atoms with van der Waals surface area (Å²) in [6.45, 7) is 2.45. The molecule has 0 aliphatic heterocycles. The van der Waals surface area contributed by atoms with Gasteiger partial charge in [-0.1, -0.05) is 35.9 Å². The Labute approximate surface area is 150 Å². The van der Waals surface area contributed by atoms with Crippen molar-refractivity contribution >= 4 is 11.6 Å². The highest BCUT2D eigenvalue weighted by atomic mass is 16.1. The summed E-state index contributed by atoms with van der Waals surface area (Å²) in [6.07, 6.45) is 8.64. The zero-order valence-electron chi connectivity index (χ0n) is 14.3. The van der Waals surface area contributed by atoms with Crippen LogP contribution in [0.5, 0.6) is 0 Å². The van der Waals surface area contributed by atoms with E-state index in [2.05, 4.69) is 20.3 Å². The van der Waals surface area contributed by atoms with Gasteiger partial charge >= 0.3 is 0 Å². The van der Waals surface area contributed by atoms with Crippen LogP contribution in [0.2, 0.25) is 0 Å². The molecule has 0 spiro atoms. The maximum Gasteiger partial charge on any atom is 0.271 e. The van der Waals surface area contributed by atoms with E-state index in [0.717, 1.165) is 16.8 Å². The number of nitrogens with one attached hydrogen (secondary N) is 1.